The normalized spacial score (nSPS) is 13.4. The zero-order valence-corrected chi connectivity index (χ0v) is 16.7. The molecule has 0 bridgehead atoms. The van der Waals surface area contributed by atoms with E-state index in [1.807, 2.05) is 43.3 Å². The van der Waals surface area contributed by atoms with Gasteiger partial charge in [0.25, 0.3) is 0 Å². The Morgan fingerprint density at radius 3 is 2.35 bits per heavy atom. The molecule has 0 fully saturated rings. The smallest absolute Gasteiger partial charge is 0.416 e. The highest BCUT2D eigenvalue weighted by Gasteiger charge is 2.32. The molecule has 0 aliphatic carbocycles. The lowest BCUT2D eigenvalue weighted by Gasteiger charge is -2.19. The van der Waals surface area contributed by atoms with Crippen LogP contribution in [0.15, 0.2) is 54.6 Å². The third-order valence-electron chi connectivity index (χ3n) is 5.19. The molecule has 1 aliphatic heterocycles. The van der Waals surface area contributed by atoms with Crippen LogP contribution < -0.4 is 9.47 Å². The van der Waals surface area contributed by atoms with Crippen LogP contribution in [0.25, 0.3) is 23.3 Å². The van der Waals surface area contributed by atoms with Crippen molar-refractivity contribution in [2.24, 2.45) is 0 Å². The largest absolute Gasteiger partial charge is 0.486 e. The van der Waals surface area contributed by atoms with Gasteiger partial charge in [0.15, 0.2) is 11.5 Å². The first-order valence-electron chi connectivity index (χ1n) is 9.71. The second-order valence-corrected chi connectivity index (χ2v) is 7.17. The zero-order chi connectivity index (χ0) is 22.0. The van der Waals surface area contributed by atoms with Gasteiger partial charge in [-0.1, -0.05) is 42.5 Å². The summed E-state index contributed by atoms with van der Waals surface area (Å²) in [6.45, 7) is 2.91. The van der Waals surface area contributed by atoms with Gasteiger partial charge >= 0.3 is 6.18 Å². The number of benzene rings is 3. The van der Waals surface area contributed by atoms with Gasteiger partial charge in [-0.3, -0.25) is 4.79 Å². The van der Waals surface area contributed by atoms with E-state index in [1.54, 1.807) is 6.08 Å². The monoisotopic (exact) mass is 424 g/mol. The average Bonchev–Trinajstić information content (AvgIpc) is 2.77. The Labute approximate surface area is 177 Å². The molecule has 0 radical (unpaired) electrons. The lowest BCUT2D eigenvalue weighted by Crippen LogP contribution is -2.15. The van der Waals surface area contributed by atoms with Gasteiger partial charge in [-0.2, -0.15) is 13.2 Å². The number of ether oxygens (including phenoxy) is 2. The minimum absolute atomic E-state index is 0.0544. The molecule has 3 nitrogen and oxygen atoms in total. The van der Waals surface area contributed by atoms with Crippen LogP contribution in [-0.2, 0) is 6.18 Å². The van der Waals surface area contributed by atoms with Gasteiger partial charge in [0.05, 0.1) is 5.56 Å². The molecular weight excluding hydrogens is 405 g/mol. The molecule has 1 aliphatic rings. The van der Waals surface area contributed by atoms with Crippen molar-refractivity contribution in [3.05, 3.63) is 82.4 Å². The fourth-order valence-corrected chi connectivity index (χ4v) is 3.59. The zero-order valence-electron chi connectivity index (χ0n) is 16.7. The van der Waals surface area contributed by atoms with Crippen molar-refractivity contribution in [1.82, 2.24) is 0 Å². The molecule has 0 N–H and O–H groups in total. The first-order chi connectivity index (χ1) is 14.9. The summed E-state index contributed by atoms with van der Waals surface area (Å²) < 4.78 is 51.3. The van der Waals surface area contributed by atoms with Crippen molar-refractivity contribution >= 4 is 18.4 Å². The van der Waals surface area contributed by atoms with Crippen LogP contribution in [0.2, 0.25) is 0 Å². The highest BCUT2D eigenvalue weighted by Crippen LogP contribution is 2.37. The third kappa shape index (κ3) is 4.33. The molecule has 31 heavy (non-hydrogen) atoms. The topological polar surface area (TPSA) is 35.5 Å². The molecule has 4 rings (SSSR count). The summed E-state index contributed by atoms with van der Waals surface area (Å²) in [5.74, 6) is 1.36. The van der Waals surface area contributed by atoms with Gasteiger partial charge in [0.1, 0.15) is 19.5 Å². The van der Waals surface area contributed by atoms with Crippen molar-refractivity contribution in [3.8, 4) is 22.6 Å². The van der Waals surface area contributed by atoms with Crippen LogP contribution >= 0.6 is 0 Å². The van der Waals surface area contributed by atoms with Crippen molar-refractivity contribution in [1.29, 1.82) is 0 Å². The number of rotatable bonds is 4. The first kappa shape index (κ1) is 20.7. The van der Waals surface area contributed by atoms with Gasteiger partial charge in [-0.25, -0.2) is 0 Å². The van der Waals surface area contributed by atoms with Crippen LogP contribution in [-0.4, -0.2) is 19.5 Å². The summed E-state index contributed by atoms with van der Waals surface area (Å²) in [7, 11) is 0. The summed E-state index contributed by atoms with van der Waals surface area (Å²) >= 11 is 0. The molecule has 158 valence electrons. The van der Waals surface area contributed by atoms with Crippen molar-refractivity contribution < 1.29 is 27.4 Å². The van der Waals surface area contributed by atoms with E-state index in [-0.39, 0.29) is 11.1 Å². The maximum absolute atomic E-state index is 13.4. The fourth-order valence-electron chi connectivity index (χ4n) is 3.59. The summed E-state index contributed by atoms with van der Waals surface area (Å²) in [6, 6.07) is 14.7. The summed E-state index contributed by atoms with van der Waals surface area (Å²) in [6.07, 6.45) is -0.948. The minimum atomic E-state index is -4.51. The standard InChI is InChI=1S/C25H19F3O3/c1-16-18(6-7-20-13-17(15-29)5-9-22(20)25(26,27)28)3-2-4-21(16)19-8-10-23-24(14-19)31-12-11-30-23/h2-10,13-15H,11-12H2,1H3/b7-6+. The van der Waals surface area contributed by atoms with Crippen LogP contribution in [0, 0.1) is 6.92 Å². The predicted octanol–water partition coefficient (Wildman–Crippen LogP) is 6.43. The van der Waals surface area contributed by atoms with Crippen LogP contribution in [0.5, 0.6) is 11.5 Å². The highest BCUT2D eigenvalue weighted by molar-refractivity contribution is 5.81. The molecule has 0 saturated heterocycles. The molecule has 1 heterocycles. The third-order valence-corrected chi connectivity index (χ3v) is 5.19. The van der Waals surface area contributed by atoms with Gasteiger partial charge in [0, 0.05) is 5.56 Å². The SMILES string of the molecule is Cc1c(/C=C/c2cc(C=O)ccc2C(F)(F)F)cccc1-c1ccc2c(c1)OCCO2. The van der Waals surface area contributed by atoms with Crippen LogP contribution in [0.4, 0.5) is 13.2 Å². The predicted molar refractivity (Wildman–Crippen MR) is 113 cm³/mol. The van der Waals surface area contributed by atoms with Crippen molar-refractivity contribution in [2.75, 3.05) is 13.2 Å². The first-order valence-corrected chi connectivity index (χ1v) is 9.71. The maximum atomic E-state index is 13.4. The molecule has 0 atom stereocenters. The summed E-state index contributed by atoms with van der Waals surface area (Å²) in [5.41, 5.74) is 2.91. The Morgan fingerprint density at radius 2 is 1.61 bits per heavy atom. The summed E-state index contributed by atoms with van der Waals surface area (Å²) in [5, 5.41) is 0. The molecule has 3 aromatic rings. The van der Waals surface area contributed by atoms with Crippen molar-refractivity contribution in [2.45, 2.75) is 13.1 Å². The number of halogens is 3. The Bertz CT molecular complexity index is 1160. The van der Waals surface area contributed by atoms with E-state index >= 15 is 0 Å². The van der Waals surface area contributed by atoms with E-state index in [2.05, 4.69) is 0 Å². The van der Waals surface area contributed by atoms with E-state index in [0.717, 1.165) is 28.3 Å². The number of carbonyl (C=O) groups is 1. The lowest BCUT2D eigenvalue weighted by atomic mass is 9.95. The number of hydrogen-bond donors (Lipinski definition) is 0. The number of aldehydes is 1. The number of alkyl halides is 3. The number of fused-ring (bicyclic) bond motifs is 1. The van der Waals surface area contributed by atoms with Crippen molar-refractivity contribution in [3.63, 3.8) is 0 Å². The van der Waals surface area contributed by atoms with E-state index in [9.17, 15) is 18.0 Å². The molecule has 0 aromatic heterocycles. The van der Waals surface area contributed by atoms with Gasteiger partial charge in [0.2, 0.25) is 0 Å². The second-order valence-electron chi connectivity index (χ2n) is 7.17. The van der Waals surface area contributed by atoms with Gasteiger partial charge < -0.3 is 9.47 Å². The lowest BCUT2D eigenvalue weighted by molar-refractivity contribution is -0.137. The average molecular weight is 424 g/mol. The fraction of sp³-hybridized carbons (Fsp3) is 0.160. The Morgan fingerprint density at radius 1 is 0.871 bits per heavy atom. The molecule has 6 heteroatoms. The quantitative estimate of drug-likeness (QED) is 0.357. The molecule has 0 saturated carbocycles. The maximum Gasteiger partial charge on any atom is 0.416 e. The van der Waals surface area contributed by atoms with E-state index < -0.39 is 11.7 Å². The Kier molecular flexibility index (Phi) is 5.55. The second kappa shape index (κ2) is 8.30. The van der Waals surface area contributed by atoms with E-state index in [4.69, 9.17) is 9.47 Å². The summed E-state index contributed by atoms with van der Waals surface area (Å²) in [4.78, 5) is 11.0. The van der Waals surface area contributed by atoms with Gasteiger partial charge in [-0.15, -0.1) is 0 Å². The number of carbonyl (C=O) groups excluding carboxylic acids is 1. The molecule has 0 spiro atoms. The number of hydrogen-bond acceptors (Lipinski definition) is 3. The highest BCUT2D eigenvalue weighted by atomic mass is 19.4. The molecule has 3 aromatic carbocycles. The minimum Gasteiger partial charge on any atom is -0.486 e. The van der Waals surface area contributed by atoms with Gasteiger partial charge in [-0.05, 0) is 59.0 Å². The Hall–Kier alpha value is -3.54. The molecule has 0 amide bonds. The van der Waals surface area contributed by atoms with Crippen LogP contribution in [0.1, 0.15) is 32.6 Å². The Balaban J connectivity index is 1.72. The van der Waals surface area contributed by atoms with Crippen LogP contribution in [0.3, 0.4) is 0 Å². The molecule has 0 unspecified atom stereocenters. The molecular formula is C25H19F3O3. The van der Waals surface area contributed by atoms with E-state index in [0.29, 0.717) is 31.0 Å². The van der Waals surface area contributed by atoms with E-state index in [1.165, 1.54) is 18.2 Å².